The number of carboxylic acid groups (broad SMARTS) is 1. The van der Waals surface area contributed by atoms with Crippen LogP contribution in [0.3, 0.4) is 0 Å². The zero-order valence-corrected chi connectivity index (χ0v) is 17.3. The average Bonchev–Trinajstić information content (AvgIpc) is 3.55. The molecule has 0 radical (unpaired) electrons. The highest BCUT2D eigenvalue weighted by Gasteiger charge is 2.30. The number of nitrogens with zero attached hydrogens (tertiary/aromatic N) is 4. The van der Waals surface area contributed by atoms with Crippen molar-refractivity contribution in [1.82, 2.24) is 24.6 Å². The zero-order chi connectivity index (χ0) is 21.4. The highest BCUT2D eigenvalue weighted by Crippen LogP contribution is 2.29. The molecule has 9 nitrogen and oxygen atoms in total. The van der Waals surface area contributed by atoms with Crippen LogP contribution in [0.25, 0.3) is 21.5 Å². The van der Waals surface area contributed by atoms with Crippen molar-refractivity contribution >= 4 is 40.3 Å². The van der Waals surface area contributed by atoms with Crippen molar-refractivity contribution in [2.24, 2.45) is 0 Å². The summed E-state index contributed by atoms with van der Waals surface area (Å²) >= 11 is 1.37. The molecule has 1 aliphatic rings. The number of thiophene rings is 1. The van der Waals surface area contributed by atoms with Crippen LogP contribution in [-0.4, -0.2) is 54.3 Å². The molecule has 1 fully saturated rings. The van der Waals surface area contributed by atoms with E-state index in [0.29, 0.717) is 23.9 Å². The summed E-state index contributed by atoms with van der Waals surface area (Å²) in [6.45, 7) is 0.966. The maximum absolute atomic E-state index is 13.0. The first-order valence-corrected chi connectivity index (χ1v) is 10.8. The van der Waals surface area contributed by atoms with Crippen molar-refractivity contribution in [3.05, 3.63) is 53.7 Å². The molecule has 158 valence electrons. The lowest BCUT2D eigenvalue weighted by atomic mass is 10.2. The molecule has 3 N–H and O–H groups in total. The molecule has 0 spiro atoms. The number of benzene rings is 1. The Hall–Kier alpha value is -3.66. The highest BCUT2D eigenvalue weighted by molar-refractivity contribution is 7.17. The summed E-state index contributed by atoms with van der Waals surface area (Å²) in [6, 6.07) is 11.1. The third-order valence-electron chi connectivity index (χ3n) is 5.51. The standard InChI is InChI=1S/C21H20N6O3S/c28-19(18-8-7-17(31-18)13-10-22-23-11-13)25-20-24-15-5-1-2-6-16(15)27(20)12-14-4-3-9-26(14)21(29)30/h1-2,5-8,10-11,14H,3-4,9,12H2,(H,22,23)(H,29,30)(H,24,25,28)/t14-/m0/s1. The Morgan fingerprint density at radius 2 is 2.13 bits per heavy atom. The van der Waals surface area contributed by atoms with E-state index in [1.165, 1.54) is 16.2 Å². The number of para-hydroxylation sites is 2. The zero-order valence-electron chi connectivity index (χ0n) is 16.5. The van der Waals surface area contributed by atoms with Crippen molar-refractivity contribution in [2.75, 3.05) is 11.9 Å². The molecule has 0 saturated carbocycles. The summed E-state index contributed by atoms with van der Waals surface area (Å²) in [4.78, 5) is 32.1. The Labute approximate surface area is 181 Å². The molecule has 1 aromatic carbocycles. The van der Waals surface area contributed by atoms with Crippen molar-refractivity contribution in [3.63, 3.8) is 0 Å². The first-order chi connectivity index (χ1) is 15.1. The number of anilines is 1. The maximum Gasteiger partial charge on any atom is 0.407 e. The predicted octanol–water partition coefficient (Wildman–Crippen LogP) is 3.88. The topological polar surface area (TPSA) is 116 Å². The van der Waals surface area contributed by atoms with E-state index in [4.69, 9.17) is 0 Å². The molecule has 5 rings (SSSR count). The Morgan fingerprint density at radius 3 is 2.94 bits per heavy atom. The van der Waals surface area contributed by atoms with Gasteiger partial charge < -0.3 is 14.6 Å². The molecule has 0 aliphatic carbocycles. The summed E-state index contributed by atoms with van der Waals surface area (Å²) in [5.41, 5.74) is 2.54. The highest BCUT2D eigenvalue weighted by atomic mass is 32.1. The quantitative estimate of drug-likeness (QED) is 0.439. The molecular formula is C21H20N6O3S. The number of hydrogen-bond donors (Lipinski definition) is 3. The van der Waals surface area contributed by atoms with E-state index >= 15 is 0 Å². The van der Waals surface area contributed by atoms with Crippen LogP contribution >= 0.6 is 11.3 Å². The lowest BCUT2D eigenvalue weighted by Crippen LogP contribution is -2.37. The summed E-state index contributed by atoms with van der Waals surface area (Å²) in [5, 5.41) is 19.1. The van der Waals surface area contributed by atoms with E-state index < -0.39 is 6.09 Å². The van der Waals surface area contributed by atoms with Gasteiger partial charge in [-0.3, -0.25) is 15.2 Å². The molecule has 1 atom stereocenters. The third-order valence-corrected chi connectivity index (χ3v) is 6.64. The lowest BCUT2D eigenvalue weighted by Gasteiger charge is -2.23. The first-order valence-electron chi connectivity index (χ1n) is 9.95. The molecule has 4 aromatic rings. The van der Waals surface area contributed by atoms with E-state index in [-0.39, 0.29) is 11.9 Å². The van der Waals surface area contributed by atoms with Crippen LogP contribution in [0, 0.1) is 0 Å². The van der Waals surface area contributed by atoms with Crippen molar-refractivity contribution in [3.8, 4) is 10.4 Å². The van der Waals surface area contributed by atoms with E-state index in [2.05, 4.69) is 20.5 Å². The normalized spacial score (nSPS) is 16.1. The molecule has 3 aromatic heterocycles. The number of amides is 2. The van der Waals surface area contributed by atoms with E-state index in [1.54, 1.807) is 18.5 Å². The van der Waals surface area contributed by atoms with Gasteiger partial charge in [-0.2, -0.15) is 5.10 Å². The van der Waals surface area contributed by atoms with Gasteiger partial charge in [0.1, 0.15) is 0 Å². The Balaban J connectivity index is 1.44. The number of carbonyl (C=O) groups is 2. The van der Waals surface area contributed by atoms with E-state index in [9.17, 15) is 14.7 Å². The third kappa shape index (κ3) is 3.66. The smallest absolute Gasteiger partial charge is 0.407 e. The predicted molar refractivity (Wildman–Crippen MR) is 117 cm³/mol. The van der Waals surface area contributed by atoms with Gasteiger partial charge in [-0.15, -0.1) is 11.3 Å². The van der Waals surface area contributed by atoms with Gasteiger partial charge in [0.25, 0.3) is 5.91 Å². The fraction of sp³-hybridized carbons (Fsp3) is 0.238. The van der Waals surface area contributed by atoms with Crippen LogP contribution in [0.1, 0.15) is 22.5 Å². The molecule has 0 bridgehead atoms. The van der Waals surface area contributed by atoms with Crippen LogP contribution < -0.4 is 5.32 Å². The number of likely N-dealkylation sites (tertiary alicyclic amines) is 1. The van der Waals surface area contributed by atoms with Gasteiger partial charge in [0.2, 0.25) is 5.95 Å². The van der Waals surface area contributed by atoms with Gasteiger partial charge in [-0.05, 0) is 37.1 Å². The molecule has 4 heterocycles. The number of fused-ring (bicyclic) bond motifs is 1. The minimum absolute atomic E-state index is 0.153. The lowest BCUT2D eigenvalue weighted by molar-refractivity contribution is 0.102. The Bertz CT molecular complexity index is 1250. The number of H-pyrrole nitrogens is 1. The number of carbonyl (C=O) groups excluding carboxylic acids is 1. The molecule has 10 heteroatoms. The number of nitrogens with one attached hydrogen (secondary N) is 2. The number of aromatic amines is 1. The minimum atomic E-state index is -0.914. The second kappa shape index (κ2) is 7.88. The largest absolute Gasteiger partial charge is 0.465 e. The van der Waals surface area contributed by atoms with Gasteiger partial charge in [-0.25, -0.2) is 9.78 Å². The van der Waals surface area contributed by atoms with Crippen LogP contribution in [0.5, 0.6) is 0 Å². The van der Waals surface area contributed by atoms with Gasteiger partial charge in [0.05, 0.1) is 28.1 Å². The molecule has 1 aliphatic heterocycles. The van der Waals surface area contributed by atoms with Crippen molar-refractivity contribution in [1.29, 1.82) is 0 Å². The second-order valence-electron chi connectivity index (χ2n) is 7.41. The van der Waals surface area contributed by atoms with Crippen molar-refractivity contribution < 1.29 is 14.7 Å². The average molecular weight is 436 g/mol. The SMILES string of the molecule is O=C(Nc1nc2ccccc2n1C[C@@H]1CCCN1C(=O)O)c1ccc(-c2cn[nH]c2)s1. The van der Waals surface area contributed by atoms with Crippen LogP contribution in [0.2, 0.25) is 0 Å². The summed E-state index contributed by atoms with van der Waals surface area (Å²) in [5.74, 6) is 0.166. The number of aromatic nitrogens is 4. The Morgan fingerprint density at radius 1 is 1.26 bits per heavy atom. The van der Waals surface area contributed by atoms with Crippen molar-refractivity contribution in [2.45, 2.75) is 25.4 Å². The van der Waals surface area contributed by atoms with Crippen LogP contribution in [0.15, 0.2) is 48.8 Å². The van der Waals surface area contributed by atoms with Gasteiger partial charge in [0, 0.05) is 29.7 Å². The van der Waals surface area contributed by atoms with Gasteiger partial charge in [-0.1, -0.05) is 12.1 Å². The minimum Gasteiger partial charge on any atom is -0.465 e. The summed E-state index contributed by atoms with van der Waals surface area (Å²) < 4.78 is 1.91. The molecule has 2 amide bonds. The number of rotatable bonds is 5. The monoisotopic (exact) mass is 436 g/mol. The van der Waals surface area contributed by atoms with Crippen LogP contribution in [0.4, 0.5) is 10.7 Å². The Kier molecular flexibility index (Phi) is 4.91. The first kappa shape index (κ1) is 19.3. The molecule has 1 saturated heterocycles. The molecular weight excluding hydrogens is 416 g/mol. The van der Waals surface area contributed by atoms with E-state index in [1.807, 2.05) is 34.9 Å². The van der Waals surface area contributed by atoms with Gasteiger partial charge in [0.15, 0.2) is 0 Å². The maximum atomic E-state index is 13.0. The molecule has 31 heavy (non-hydrogen) atoms. The molecule has 0 unspecified atom stereocenters. The fourth-order valence-electron chi connectivity index (χ4n) is 4.01. The summed E-state index contributed by atoms with van der Waals surface area (Å²) in [7, 11) is 0. The number of imidazole rings is 1. The van der Waals surface area contributed by atoms with Gasteiger partial charge >= 0.3 is 6.09 Å². The van der Waals surface area contributed by atoms with Crippen LogP contribution in [-0.2, 0) is 6.54 Å². The summed E-state index contributed by atoms with van der Waals surface area (Å²) in [6.07, 6.45) is 4.19. The fourth-order valence-corrected chi connectivity index (χ4v) is 4.89. The number of hydrogen-bond acceptors (Lipinski definition) is 5. The van der Waals surface area contributed by atoms with E-state index in [0.717, 1.165) is 34.3 Å². The second-order valence-corrected chi connectivity index (χ2v) is 8.50.